The molecule has 0 radical (unpaired) electrons. The number of fused-ring (bicyclic) bond motifs is 1. The van der Waals surface area contributed by atoms with E-state index >= 15 is 0 Å². The van der Waals surface area contributed by atoms with Gasteiger partial charge in [-0.15, -0.1) is 0 Å². The highest BCUT2D eigenvalue weighted by molar-refractivity contribution is 5.93. The van der Waals surface area contributed by atoms with Crippen molar-refractivity contribution in [1.29, 1.82) is 0 Å². The Kier molecular flexibility index (Phi) is 6.34. The quantitative estimate of drug-likeness (QED) is 0.539. The number of carbonyl (C=O) groups is 1. The van der Waals surface area contributed by atoms with Crippen molar-refractivity contribution >= 4 is 5.91 Å². The van der Waals surface area contributed by atoms with Gasteiger partial charge >= 0.3 is 0 Å². The fourth-order valence-corrected chi connectivity index (χ4v) is 7.86. The van der Waals surface area contributed by atoms with E-state index in [0.29, 0.717) is 28.7 Å². The van der Waals surface area contributed by atoms with Crippen molar-refractivity contribution in [2.75, 3.05) is 6.54 Å². The Morgan fingerprint density at radius 1 is 1.23 bits per heavy atom. The molecule has 3 aliphatic rings. The second-order valence-corrected chi connectivity index (χ2v) is 11.4. The second kappa shape index (κ2) is 8.71. The topological polar surface area (TPSA) is 42.0 Å². The number of amides is 1. The van der Waals surface area contributed by atoms with E-state index in [4.69, 9.17) is 0 Å². The summed E-state index contributed by atoms with van der Waals surface area (Å²) in [5, 5.41) is 3.33. The number of pyridine rings is 1. The number of aromatic nitrogens is 1. The third-order valence-electron chi connectivity index (χ3n) is 9.95. The van der Waals surface area contributed by atoms with Crippen LogP contribution in [0.1, 0.15) is 89.4 Å². The maximum atomic E-state index is 12.9. The lowest BCUT2D eigenvalue weighted by atomic mass is 9.48. The highest BCUT2D eigenvalue weighted by Gasteiger charge is 2.56. The van der Waals surface area contributed by atoms with E-state index < -0.39 is 0 Å². The molecule has 0 aliphatic heterocycles. The molecule has 1 N–H and O–H groups in total. The van der Waals surface area contributed by atoms with Gasteiger partial charge in [-0.05, 0) is 91.1 Å². The fourth-order valence-electron chi connectivity index (χ4n) is 7.86. The summed E-state index contributed by atoms with van der Waals surface area (Å²) < 4.78 is 0. The Hall–Kier alpha value is -1.64. The standard InChI is InChI=1S/C28H42N2O/c1-6-22-16-19(2)11-13-28(22,5)25-12-14-27(4)20(3)9-10-24(27)23(25)18-30-26(31)21-8-7-15-29-17-21/h7-8,15,17,19,22-25H,3,6,9-14,16,18H2,1-2,4-5H3,(H,30,31)/t19-,22-,23-,24-,25-,27+,28-/m0/s1. The van der Waals surface area contributed by atoms with Crippen LogP contribution in [0.4, 0.5) is 0 Å². The van der Waals surface area contributed by atoms with Gasteiger partial charge in [0.2, 0.25) is 0 Å². The molecular formula is C28H42N2O. The number of nitrogens with zero attached hydrogens (tertiary/aromatic N) is 1. The summed E-state index contributed by atoms with van der Waals surface area (Å²) in [6.45, 7) is 15.2. The van der Waals surface area contributed by atoms with Crippen LogP contribution in [0.2, 0.25) is 0 Å². The van der Waals surface area contributed by atoms with E-state index in [1.807, 2.05) is 12.1 Å². The van der Waals surface area contributed by atoms with Gasteiger partial charge in [0.05, 0.1) is 5.56 Å². The maximum absolute atomic E-state index is 12.9. The van der Waals surface area contributed by atoms with Crippen molar-refractivity contribution in [2.45, 2.75) is 79.1 Å². The van der Waals surface area contributed by atoms with E-state index in [1.54, 1.807) is 12.4 Å². The number of carbonyl (C=O) groups excluding carboxylic acids is 1. The molecule has 3 aliphatic carbocycles. The molecule has 3 nitrogen and oxygen atoms in total. The Balaban J connectivity index is 1.60. The number of nitrogens with one attached hydrogen (secondary N) is 1. The van der Waals surface area contributed by atoms with Gasteiger partial charge in [0, 0.05) is 18.9 Å². The van der Waals surface area contributed by atoms with Gasteiger partial charge in [0.25, 0.3) is 5.91 Å². The molecule has 1 heterocycles. The minimum absolute atomic E-state index is 0.0189. The Bertz CT molecular complexity index is 804. The summed E-state index contributed by atoms with van der Waals surface area (Å²) in [6, 6.07) is 3.70. The lowest BCUT2D eigenvalue weighted by Crippen LogP contribution is -2.52. The van der Waals surface area contributed by atoms with E-state index in [9.17, 15) is 4.79 Å². The first kappa shape index (κ1) is 22.6. The Morgan fingerprint density at radius 2 is 2.03 bits per heavy atom. The lowest BCUT2D eigenvalue weighted by Gasteiger charge is -2.57. The van der Waals surface area contributed by atoms with Crippen molar-refractivity contribution in [2.24, 2.45) is 40.4 Å². The van der Waals surface area contributed by atoms with Crippen LogP contribution in [-0.2, 0) is 0 Å². The minimum Gasteiger partial charge on any atom is -0.352 e. The normalized spacial score (nSPS) is 40.4. The van der Waals surface area contributed by atoms with Gasteiger partial charge in [0.15, 0.2) is 0 Å². The first-order valence-corrected chi connectivity index (χ1v) is 12.7. The van der Waals surface area contributed by atoms with E-state index in [0.717, 1.165) is 24.8 Å². The summed E-state index contributed by atoms with van der Waals surface area (Å²) in [5.74, 6) is 3.52. The zero-order chi connectivity index (χ0) is 22.2. The van der Waals surface area contributed by atoms with E-state index in [1.165, 1.54) is 50.5 Å². The molecule has 31 heavy (non-hydrogen) atoms. The van der Waals surface area contributed by atoms with Crippen molar-refractivity contribution in [3.05, 3.63) is 42.2 Å². The van der Waals surface area contributed by atoms with Gasteiger partial charge in [-0.25, -0.2) is 0 Å². The predicted molar refractivity (Wildman–Crippen MR) is 128 cm³/mol. The number of hydrogen-bond acceptors (Lipinski definition) is 2. The van der Waals surface area contributed by atoms with Crippen LogP contribution in [0.3, 0.4) is 0 Å². The summed E-state index contributed by atoms with van der Waals surface area (Å²) >= 11 is 0. The van der Waals surface area contributed by atoms with Gasteiger partial charge in [-0.3, -0.25) is 9.78 Å². The Labute approximate surface area is 189 Å². The third kappa shape index (κ3) is 3.98. The molecule has 1 aromatic rings. The van der Waals surface area contributed by atoms with Crippen LogP contribution < -0.4 is 5.32 Å². The van der Waals surface area contributed by atoms with Gasteiger partial charge in [-0.1, -0.05) is 52.7 Å². The summed E-state index contributed by atoms with van der Waals surface area (Å²) in [4.78, 5) is 17.0. The van der Waals surface area contributed by atoms with Gasteiger partial charge < -0.3 is 5.32 Å². The van der Waals surface area contributed by atoms with Crippen molar-refractivity contribution in [1.82, 2.24) is 10.3 Å². The molecule has 3 saturated carbocycles. The molecule has 0 saturated heterocycles. The van der Waals surface area contributed by atoms with Crippen molar-refractivity contribution < 1.29 is 4.79 Å². The molecule has 3 heteroatoms. The predicted octanol–water partition coefficient (Wildman–Crippen LogP) is 6.66. The lowest BCUT2D eigenvalue weighted by molar-refractivity contribution is -0.0662. The molecule has 1 aromatic heterocycles. The minimum atomic E-state index is 0.0189. The molecular weight excluding hydrogens is 380 g/mol. The molecule has 0 unspecified atom stereocenters. The first-order chi connectivity index (χ1) is 14.8. The molecule has 7 atom stereocenters. The third-order valence-corrected chi connectivity index (χ3v) is 9.95. The molecule has 0 bridgehead atoms. The van der Waals surface area contributed by atoms with Crippen LogP contribution in [-0.4, -0.2) is 17.4 Å². The zero-order valence-electron chi connectivity index (χ0n) is 20.1. The highest BCUT2D eigenvalue weighted by Crippen LogP contribution is 2.63. The molecule has 4 rings (SSSR count). The summed E-state index contributed by atoms with van der Waals surface area (Å²) in [7, 11) is 0. The molecule has 1 amide bonds. The monoisotopic (exact) mass is 422 g/mol. The van der Waals surface area contributed by atoms with Gasteiger partial charge in [-0.2, -0.15) is 0 Å². The first-order valence-electron chi connectivity index (χ1n) is 12.7. The molecule has 0 aromatic carbocycles. The van der Waals surface area contributed by atoms with Gasteiger partial charge in [0.1, 0.15) is 0 Å². The van der Waals surface area contributed by atoms with Crippen molar-refractivity contribution in [3.8, 4) is 0 Å². The summed E-state index contributed by atoms with van der Waals surface area (Å²) in [6.07, 6.45) is 13.7. The second-order valence-electron chi connectivity index (χ2n) is 11.4. The molecule has 0 spiro atoms. The molecule has 170 valence electrons. The van der Waals surface area contributed by atoms with E-state index in [-0.39, 0.29) is 11.3 Å². The highest BCUT2D eigenvalue weighted by atomic mass is 16.1. The van der Waals surface area contributed by atoms with Crippen LogP contribution in [0.25, 0.3) is 0 Å². The number of allylic oxidation sites excluding steroid dienone is 1. The Morgan fingerprint density at radius 3 is 2.74 bits per heavy atom. The maximum Gasteiger partial charge on any atom is 0.252 e. The SMILES string of the molecule is C=C1CC[C@H]2[C@H](CNC(=O)c3cccnc3)[C@@H]([C@@]3(C)CC[C@H](C)C[C@@H]3CC)CC[C@]12C. The summed E-state index contributed by atoms with van der Waals surface area (Å²) in [5.41, 5.74) is 2.75. The van der Waals surface area contributed by atoms with Crippen LogP contribution >= 0.6 is 0 Å². The average Bonchev–Trinajstić information content (AvgIpc) is 3.08. The van der Waals surface area contributed by atoms with Crippen LogP contribution in [0.5, 0.6) is 0 Å². The van der Waals surface area contributed by atoms with E-state index in [2.05, 4.69) is 44.6 Å². The average molecular weight is 423 g/mol. The largest absolute Gasteiger partial charge is 0.352 e. The van der Waals surface area contributed by atoms with Crippen LogP contribution in [0, 0.1) is 40.4 Å². The smallest absolute Gasteiger partial charge is 0.252 e. The number of hydrogen-bond donors (Lipinski definition) is 1. The fraction of sp³-hybridized carbons (Fsp3) is 0.714. The van der Waals surface area contributed by atoms with Crippen LogP contribution in [0.15, 0.2) is 36.7 Å². The van der Waals surface area contributed by atoms with Crippen molar-refractivity contribution in [3.63, 3.8) is 0 Å². The number of rotatable bonds is 5. The zero-order valence-corrected chi connectivity index (χ0v) is 20.1. The molecule has 3 fully saturated rings.